The molecule has 2 N–H and O–H groups in total. The average molecular weight is 299 g/mol. The van der Waals surface area contributed by atoms with Gasteiger partial charge in [0, 0.05) is 5.54 Å². The van der Waals surface area contributed by atoms with E-state index in [1.807, 2.05) is 12.1 Å². The fraction of sp³-hybridized carbons (Fsp3) is 0.294. The van der Waals surface area contributed by atoms with E-state index in [-0.39, 0.29) is 11.4 Å². The summed E-state index contributed by atoms with van der Waals surface area (Å²) in [4.78, 5) is 16.5. The lowest BCUT2D eigenvalue weighted by Gasteiger charge is -2.21. The first-order valence-corrected chi connectivity index (χ1v) is 7.08. The van der Waals surface area contributed by atoms with Crippen molar-refractivity contribution < 1.29 is 9.53 Å². The number of rotatable bonds is 4. The number of methoxy groups -OCH3 is 1. The molecule has 0 saturated heterocycles. The molecule has 0 spiro atoms. The predicted molar refractivity (Wildman–Crippen MR) is 88.6 cm³/mol. The van der Waals surface area contributed by atoms with Crippen molar-refractivity contribution in [2.24, 2.45) is 0 Å². The Labute approximate surface area is 130 Å². The number of amides is 1. The minimum absolute atomic E-state index is 0.0378. The van der Waals surface area contributed by atoms with Gasteiger partial charge in [-0.3, -0.25) is 4.79 Å². The van der Waals surface area contributed by atoms with E-state index >= 15 is 0 Å². The number of carbonyl (C=O) groups excluding carboxylic acids is 1. The Bertz CT molecular complexity index is 646. The largest absolute Gasteiger partial charge is 0.496 e. The highest BCUT2D eigenvalue weighted by molar-refractivity contribution is 6.05. The topological polar surface area (TPSA) is 63.2 Å². The van der Waals surface area contributed by atoms with Crippen molar-refractivity contribution in [1.82, 2.24) is 4.98 Å². The maximum atomic E-state index is 12.3. The van der Waals surface area contributed by atoms with Gasteiger partial charge in [0.25, 0.3) is 5.91 Å². The number of benzene rings is 1. The molecule has 1 heterocycles. The third-order valence-corrected chi connectivity index (χ3v) is 2.88. The summed E-state index contributed by atoms with van der Waals surface area (Å²) in [5.41, 5.74) is 1.34. The van der Waals surface area contributed by atoms with Crippen LogP contribution in [-0.2, 0) is 0 Å². The minimum Gasteiger partial charge on any atom is -0.496 e. The number of hydrogen-bond donors (Lipinski definition) is 2. The summed E-state index contributed by atoms with van der Waals surface area (Å²) >= 11 is 0. The van der Waals surface area contributed by atoms with Crippen molar-refractivity contribution in [2.75, 3.05) is 17.7 Å². The normalized spacial score (nSPS) is 10.9. The SMILES string of the molecule is COc1ccccc1C(=O)Nc1ccc(NC(C)(C)C)cn1. The Kier molecular flexibility index (Phi) is 4.65. The lowest BCUT2D eigenvalue weighted by molar-refractivity contribution is 0.102. The van der Waals surface area contributed by atoms with Gasteiger partial charge < -0.3 is 15.4 Å². The van der Waals surface area contributed by atoms with E-state index in [4.69, 9.17) is 4.74 Å². The van der Waals surface area contributed by atoms with Crippen LogP contribution in [-0.4, -0.2) is 23.5 Å². The number of nitrogens with zero attached hydrogens (tertiary/aromatic N) is 1. The fourth-order valence-electron chi connectivity index (χ4n) is 1.99. The molecule has 0 bridgehead atoms. The molecule has 1 amide bonds. The number of ether oxygens (including phenoxy) is 1. The molecular weight excluding hydrogens is 278 g/mol. The van der Waals surface area contributed by atoms with Crippen LogP contribution in [0.15, 0.2) is 42.6 Å². The molecule has 2 aromatic rings. The molecule has 0 atom stereocenters. The van der Waals surface area contributed by atoms with Gasteiger partial charge >= 0.3 is 0 Å². The van der Waals surface area contributed by atoms with E-state index < -0.39 is 0 Å². The number of para-hydroxylation sites is 1. The molecule has 22 heavy (non-hydrogen) atoms. The van der Waals surface area contributed by atoms with E-state index in [9.17, 15) is 4.79 Å². The van der Waals surface area contributed by atoms with Crippen molar-refractivity contribution >= 4 is 17.4 Å². The van der Waals surface area contributed by atoms with Crippen molar-refractivity contribution in [3.8, 4) is 5.75 Å². The summed E-state index contributed by atoms with van der Waals surface area (Å²) in [6.45, 7) is 6.22. The van der Waals surface area contributed by atoms with Crippen LogP contribution in [0, 0.1) is 0 Å². The number of aromatic nitrogens is 1. The van der Waals surface area contributed by atoms with Gasteiger partial charge in [0.05, 0.1) is 24.6 Å². The van der Waals surface area contributed by atoms with Crippen molar-refractivity contribution in [3.05, 3.63) is 48.2 Å². The molecule has 0 fully saturated rings. The van der Waals surface area contributed by atoms with Crippen molar-refractivity contribution in [3.63, 3.8) is 0 Å². The Hall–Kier alpha value is -2.56. The lowest BCUT2D eigenvalue weighted by atomic mass is 10.1. The number of anilines is 2. The zero-order valence-corrected chi connectivity index (χ0v) is 13.3. The molecule has 1 aromatic carbocycles. The summed E-state index contributed by atoms with van der Waals surface area (Å²) < 4.78 is 5.19. The van der Waals surface area contributed by atoms with Crippen LogP contribution in [0.2, 0.25) is 0 Å². The van der Waals surface area contributed by atoms with Crippen LogP contribution in [0.1, 0.15) is 31.1 Å². The summed E-state index contributed by atoms with van der Waals surface area (Å²) in [7, 11) is 1.54. The van der Waals surface area contributed by atoms with Gasteiger partial charge in [-0.05, 0) is 45.0 Å². The van der Waals surface area contributed by atoms with Crippen molar-refractivity contribution in [1.29, 1.82) is 0 Å². The zero-order chi connectivity index (χ0) is 16.2. The second-order valence-corrected chi connectivity index (χ2v) is 5.96. The molecule has 0 aliphatic carbocycles. The van der Waals surface area contributed by atoms with Crippen molar-refractivity contribution in [2.45, 2.75) is 26.3 Å². The highest BCUT2D eigenvalue weighted by Gasteiger charge is 2.13. The quantitative estimate of drug-likeness (QED) is 0.906. The number of hydrogen-bond acceptors (Lipinski definition) is 4. The minimum atomic E-state index is -0.249. The van der Waals surface area contributed by atoms with Gasteiger partial charge in [-0.15, -0.1) is 0 Å². The molecular formula is C17H21N3O2. The Morgan fingerprint density at radius 1 is 1.14 bits per heavy atom. The highest BCUT2D eigenvalue weighted by Crippen LogP contribution is 2.19. The van der Waals surface area contributed by atoms with Gasteiger partial charge in [-0.1, -0.05) is 12.1 Å². The molecule has 5 nitrogen and oxygen atoms in total. The van der Waals surface area contributed by atoms with Crippen LogP contribution >= 0.6 is 0 Å². The van der Waals surface area contributed by atoms with E-state index in [1.54, 1.807) is 30.5 Å². The number of nitrogens with one attached hydrogen (secondary N) is 2. The summed E-state index contributed by atoms with van der Waals surface area (Å²) in [6.07, 6.45) is 1.70. The van der Waals surface area contributed by atoms with Gasteiger partial charge in [-0.2, -0.15) is 0 Å². The second-order valence-electron chi connectivity index (χ2n) is 5.96. The van der Waals surface area contributed by atoms with Crippen LogP contribution in [0.4, 0.5) is 11.5 Å². The van der Waals surface area contributed by atoms with E-state index in [0.717, 1.165) is 5.69 Å². The molecule has 2 rings (SSSR count). The van der Waals surface area contributed by atoms with E-state index in [2.05, 4.69) is 36.4 Å². The standard InChI is InChI=1S/C17H21N3O2/c1-17(2,3)20-12-9-10-15(18-11-12)19-16(21)13-7-5-6-8-14(13)22-4/h5-11,20H,1-4H3,(H,18,19,21). The molecule has 0 radical (unpaired) electrons. The van der Waals surface area contributed by atoms with Gasteiger partial charge in [0.2, 0.25) is 0 Å². The lowest BCUT2D eigenvalue weighted by Crippen LogP contribution is -2.26. The Balaban J connectivity index is 2.09. The fourth-order valence-corrected chi connectivity index (χ4v) is 1.99. The molecule has 0 unspecified atom stereocenters. The Morgan fingerprint density at radius 3 is 2.45 bits per heavy atom. The molecule has 0 aliphatic heterocycles. The average Bonchev–Trinajstić information content (AvgIpc) is 2.47. The molecule has 116 valence electrons. The first kappa shape index (κ1) is 15.8. The van der Waals surface area contributed by atoms with Crippen LogP contribution < -0.4 is 15.4 Å². The highest BCUT2D eigenvalue weighted by atomic mass is 16.5. The van der Waals surface area contributed by atoms with Gasteiger partial charge in [0.15, 0.2) is 0 Å². The van der Waals surface area contributed by atoms with Crippen LogP contribution in [0.5, 0.6) is 5.75 Å². The molecule has 0 saturated carbocycles. The number of carbonyl (C=O) groups is 1. The van der Waals surface area contributed by atoms with Gasteiger partial charge in [0.1, 0.15) is 11.6 Å². The zero-order valence-electron chi connectivity index (χ0n) is 13.3. The smallest absolute Gasteiger partial charge is 0.260 e. The van der Waals surface area contributed by atoms with Crippen LogP contribution in [0.3, 0.4) is 0 Å². The van der Waals surface area contributed by atoms with Crippen LogP contribution in [0.25, 0.3) is 0 Å². The monoisotopic (exact) mass is 299 g/mol. The summed E-state index contributed by atoms with van der Waals surface area (Å²) in [5.74, 6) is 0.780. The number of pyridine rings is 1. The van der Waals surface area contributed by atoms with E-state index in [0.29, 0.717) is 17.1 Å². The molecule has 1 aromatic heterocycles. The summed E-state index contributed by atoms with van der Waals surface area (Å²) in [6, 6.07) is 10.7. The first-order valence-electron chi connectivity index (χ1n) is 7.08. The van der Waals surface area contributed by atoms with E-state index in [1.165, 1.54) is 7.11 Å². The summed E-state index contributed by atoms with van der Waals surface area (Å²) in [5, 5.41) is 6.08. The Morgan fingerprint density at radius 2 is 1.86 bits per heavy atom. The molecule has 5 heteroatoms. The maximum Gasteiger partial charge on any atom is 0.260 e. The third kappa shape index (κ3) is 4.22. The first-order chi connectivity index (χ1) is 10.4. The maximum absolute atomic E-state index is 12.3. The second kappa shape index (κ2) is 6.47. The molecule has 0 aliphatic rings. The third-order valence-electron chi connectivity index (χ3n) is 2.88. The predicted octanol–water partition coefficient (Wildman–Crippen LogP) is 3.55. The van der Waals surface area contributed by atoms with Gasteiger partial charge in [-0.25, -0.2) is 4.98 Å².